The third kappa shape index (κ3) is 1.36. The van der Waals surface area contributed by atoms with Gasteiger partial charge in [0.05, 0.1) is 16.9 Å². The van der Waals surface area contributed by atoms with E-state index in [0.717, 1.165) is 12.1 Å². The summed E-state index contributed by atoms with van der Waals surface area (Å²) < 4.78 is 0. The molecule has 4 rings (SSSR count). The first-order valence-electron chi connectivity index (χ1n) is 6.60. The molecule has 4 nitrogen and oxygen atoms in total. The van der Waals surface area contributed by atoms with E-state index in [1.807, 2.05) is 35.3 Å². The number of fused-ring (bicyclic) bond motifs is 2. The lowest BCUT2D eigenvalue weighted by Crippen LogP contribution is -2.45. The lowest BCUT2D eigenvalue weighted by molar-refractivity contribution is -0.114. The molecule has 2 aromatic carbocycles. The lowest BCUT2D eigenvalue weighted by Gasteiger charge is -2.30. The maximum Gasteiger partial charge on any atom is 0.318 e. The van der Waals surface area contributed by atoms with Crippen molar-refractivity contribution < 1.29 is 9.59 Å². The summed E-state index contributed by atoms with van der Waals surface area (Å²) in [5, 5.41) is 3.42. The quantitative estimate of drug-likeness (QED) is 0.741. The number of hydrogen-bond donors (Lipinski definition) is 0. The van der Waals surface area contributed by atoms with Crippen LogP contribution in [0.3, 0.4) is 0 Å². The number of hydrogen-bond acceptors (Lipinski definition) is 3. The molecule has 4 heteroatoms. The Morgan fingerprint density at radius 2 is 1.55 bits per heavy atom. The number of carbonyl (C=O) groups excluding carboxylic acids is 2. The number of ketones is 1. The van der Waals surface area contributed by atoms with Crippen LogP contribution in [0.25, 0.3) is 0 Å². The molecular weight excluding hydrogens is 252 g/mol. The van der Waals surface area contributed by atoms with Crippen LogP contribution in [-0.4, -0.2) is 18.2 Å². The van der Waals surface area contributed by atoms with Gasteiger partial charge in [0.15, 0.2) is 0 Å². The Bertz CT molecular complexity index is 739. The number of amides is 1. The highest BCUT2D eigenvalue weighted by Gasteiger charge is 2.40. The van der Waals surface area contributed by atoms with Crippen molar-refractivity contribution in [2.45, 2.75) is 6.42 Å². The van der Waals surface area contributed by atoms with Gasteiger partial charge in [0.25, 0.3) is 5.78 Å². The third-order valence-corrected chi connectivity index (χ3v) is 3.87. The van der Waals surface area contributed by atoms with Gasteiger partial charge in [-0.25, -0.2) is 5.01 Å². The standard InChI is InChI=1S/C16H12N2O2/c19-15-12-6-2-4-8-14(12)18(16(15)20)17-10-9-11-5-1-3-7-13(11)17/h1-8H,9-10H2. The molecule has 0 saturated carbocycles. The van der Waals surface area contributed by atoms with Gasteiger partial charge in [-0.05, 0) is 30.2 Å². The van der Waals surface area contributed by atoms with Crippen molar-refractivity contribution in [2.75, 3.05) is 16.6 Å². The zero-order valence-electron chi connectivity index (χ0n) is 10.7. The highest BCUT2D eigenvalue weighted by molar-refractivity contribution is 6.52. The molecule has 2 aromatic rings. The molecular formula is C16H12N2O2. The van der Waals surface area contributed by atoms with Crippen molar-refractivity contribution >= 4 is 23.1 Å². The van der Waals surface area contributed by atoms with Crippen LogP contribution < -0.4 is 10.0 Å². The fraction of sp³-hybridized carbons (Fsp3) is 0.125. The van der Waals surface area contributed by atoms with Gasteiger partial charge in [-0.3, -0.25) is 14.6 Å². The van der Waals surface area contributed by atoms with Crippen LogP contribution in [0.15, 0.2) is 48.5 Å². The molecule has 2 heterocycles. The number of carbonyl (C=O) groups is 2. The van der Waals surface area contributed by atoms with Crippen molar-refractivity contribution in [3.05, 3.63) is 59.7 Å². The van der Waals surface area contributed by atoms with E-state index in [4.69, 9.17) is 0 Å². The van der Waals surface area contributed by atoms with E-state index in [0.29, 0.717) is 17.8 Å². The minimum Gasteiger partial charge on any atom is -0.283 e. The molecule has 0 saturated heterocycles. The number of para-hydroxylation sites is 2. The topological polar surface area (TPSA) is 40.6 Å². The van der Waals surface area contributed by atoms with Crippen LogP contribution in [0.4, 0.5) is 11.4 Å². The fourth-order valence-corrected chi connectivity index (χ4v) is 2.94. The smallest absolute Gasteiger partial charge is 0.283 e. The monoisotopic (exact) mass is 264 g/mol. The molecule has 0 unspecified atom stereocenters. The molecule has 1 amide bonds. The van der Waals surface area contributed by atoms with E-state index in [1.54, 1.807) is 12.1 Å². The van der Waals surface area contributed by atoms with E-state index in [2.05, 4.69) is 6.07 Å². The number of benzene rings is 2. The molecule has 0 N–H and O–H groups in total. The van der Waals surface area contributed by atoms with Crippen molar-refractivity contribution in [1.82, 2.24) is 0 Å². The first-order valence-corrected chi connectivity index (χ1v) is 6.60. The summed E-state index contributed by atoms with van der Waals surface area (Å²) in [5.41, 5.74) is 3.38. The maximum atomic E-state index is 12.3. The number of Topliss-reactive ketones (excluding diaryl/α,β-unsaturated/α-hetero) is 1. The summed E-state index contributed by atoms with van der Waals surface area (Å²) in [6.45, 7) is 0.715. The fourth-order valence-electron chi connectivity index (χ4n) is 2.94. The van der Waals surface area contributed by atoms with E-state index in [9.17, 15) is 9.59 Å². The van der Waals surface area contributed by atoms with Gasteiger partial charge in [0.2, 0.25) is 0 Å². The molecule has 0 aliphatic carbocycles. The van der Waals surface area contributed by atoms with Gasteiger partial charge >= 0.3 is 5.91 Å². The van der Waals surface area contributed by atoms with E-state index >= 15 is 0 Å². The Labute approximate surface area is 116 Å². The Hall–Kier alpha value is -2.62. The predicted molar refractivity (Wildman–Crippen MR) is 75.8 cm³/mol. The first-order chi connectivity index (χ1) is 9.77. The van der Waals surface area contributed by atoms with Crippen LogP contribution in [-0.2, 0) is 11.2 Å². The average molecular weight is 264 g/mol. The van der Waals surface area contributed by atoms with Crippen LogP contribution in [0.1, 0.15) is 15.9 Å². The van der Waals surface area contributed by atoms with Crippen LogP contribution in [0.5, 0.6) is 0 Å². The predicted octanol–water partition coefficient (Wildman–Crippen LogP) is 2.19. The van der Waals surface area contributed by atoms with Crippen molar-refractivity contribution in [3.63, 3.8) is 0 Å². The Kier molecular flexibility index (Phi) is 2.21. The number of rotatable bonds is 1. The second-order valence-electron chi connectivity index (χ2n) is 4.97. The van der Waals surface area contributed by atoms with Crippen molar-refractivity contribution in [3.8, 4) is 0 Å². The maximum absolute atomic E-state index is 12.3. The van der Waals surface area contributed by atoms with Crippen LogP contribution >= 0.6 is 0 Å². The molecule has 98 valence electrons. The zero-order valence-corrected chi connectivity index (χ0v) is 10.7. The van der Waals surface area contributed by atoms with Gasteiger partial charge in [-0.2, -0.15) is 0 Å². The largest absolute Gasteiger partial charge is 0.318 e. The number of nitrogens with zero attached hydrogens (tertiary/aromatic N) is 2. The van der Waals surface area contributed by atoms with Crippen LogP contribution in [0, 0.1) is 0 Å². The molecule has 0 radical (unpaired) electrons. The second kappa shape index (κ2) is 3.93. The third-order valence-electron chi connectivity index (χ3n) is 3.87. The summed E-state index contributed by atoms with van der Waals surface area (Å²) in [6, 6.07) is 15.1. The second-order valence-corrected chi connectivity index (χ2v) is 4.97. The van der Waals surface area contributed by atoms with E-state index in [-0.39, 0.29) is 0 Å². The first kappa shape index (κ1) is 11.2. The molecule has 0 fully saturated rings. The van der Waals surface area contributed by atoms with Gasteiger partial charge in [0, 0.05) is 6.54 Å². The van der Waals surface area contributed by atoms with Crippen LogP contribution in [0.2, 0.25) is 0 Å². The van der Waals surface area contributed by atoms with E-state index in [1.165, 1.54) is 10.6 Å². The molecule has 2 aliphatic rings. The minimum atomic E-state index is -0.470. The molecule has 0 spiro atoms. The highest BCUT2D eigenvalue weighted by atomic mass is 16.2. The zero-order chi connectivity index (χ0) is 13.7. The Morgan fingerprint density at radius 1 is 0.850 bits per heavy atom. The average Bonchev–Trinajstić information content (AvgIpc) is 3.01. The van der Waals surface area contributed by atoms with Gasteiger partial charge < -0.3 is 0 Å². The SMILES string of the molecule is O=C1C(=O)N(N2CCc3ccccc32)c2ccccc21. The summed E-state index contributed by atoms with van der Waals surface area (Å²) >= 11 is 0. The minimum absolute atomic E-state index is 0.426. The molecule has 0 aromatic heterocycles. The van der Waals surface area contributed by atoms with Gasteiger partial charge in [0.1, 0.15) is 0 Å². The molecule has 0 bridgehead atoms. The number of hydrazine groups is 1. The van der Waals surface area contributed by atoms with Crippen molar-refractivity contribution in [2.24, 2.45) is 0 Å². The summed E-state index contributed by atoms with van der Waals surface area (Å²) in [4.78, 5) is 24.4. The lowest BCUT2D eigenvalue weighted by atomic mass is 10.1. The number of anilines is 2. The van der Waals surface area contributed by atoms with Gasteiger partial charge in [-0.1, -0.05) is 30.3 Å². The summed E-state index contributed by atoms with van der Waals surface area (Å²) in [5.74, 6) is -0.895. The normalized spacial score (nSPS) is 16.6. The Morgan fingerprint density at radius 3 is 2.40 bits per heavy atom. The molecule has 20 heavy (non-hydrogen) atoms. The summed E-state index contributed by atoms with van der Waals surface area (Å²) in [6.07, 6.45) is 0.885. The summed E-state index contributed by atoms with van der Waals surface area (Å²) in [7, 11) is 0. The molecule has 2 aliphatic heterocycles. The van der Waals surface area contributed by atoms with Crippen molar-refractivity contribution in [1.29, 1.82) is 0 Å². The Balaban J connectivity index is 1.85. The van der Waals surface area contributed by atoms with E-state index < -0.39 is 11.7 Å². The van der Waals surface area contributed by atoms with Gasteiger partial charge in [-0.15, -0.1) is 0 Å². The molecule has 0 atom stereocenters. The highest BCUT2D eigenvalue weighted by Crippen LogP contribution is 2.36.